The molecule has 1 N–H and O–H groups in total. The summed E-state index contributed by atoms with van der Waals surface area (Å²) in [5, 5.41) is 3.19. The van der Waals surface area contributed by atoms with Crippen molar-refractivity contribution in [1.82, 2.24) is 10.2 Å². The number of hydrogen-bond acceptors (Lipinski definition) is 5. The van der Waals surface area contributed by atoms with E-state index in [1.807, 2.05) is 14.0 Å². The molecule has 1 aliphatic rings. The fraction of sp³-hybridized carbons (Fsp3) is 0.929. The Balaban J connectivity index is 2.64. The number of rotatable bonds is 8. The van der Waals surface area contributed by atoms with E-state index in [1.54, 1.807) is 7.11 Å². The predicted octanol–water partition coefficient (Wildman–Crippen LogP) is 1.03. The van der Waals surface area contributed by atoms with Gasteiger partial charge in [0.05, 0.1) is 13.2 Å². The molecule has 5 nitrogen and oxygen atoms in total. The first-order valence-electron chi connectivity index (χ1n) is 7.22. The Morgan fingerprint density at radius 2 is 2.21 bits per heavy atom. The van der Waals surface area contributed by atoms with Gasteiger partial charge < -0.3 is 14.8 Å². The minimum atomic E-state index is -0.499. The maximum Gasteiger partial charge on any atom is 0.326 e. The summed E-state index contributed by atoms with van der Waals surface area (Å²) in [5.41, 5.74) is -0.499. The maximum atomic E-state index is 12.1. The lowest BCUT2D eigenvalue weighted by atomic mass is 9.97. The molecule has 0 aromatic carbocycles. The fourth-order valence-corrected chi connectivity index (χ4v) is 2.92. The van der Waals surface area contributed by atoms with Gasteiger partial charge in [-0.25, -0.2) is 0 Å². The van der Waals surface area contributed by atoms with Gasteiger partial charge in [0, 0.05) is 19.7 Å². The van der Waals surface area contributed by atoms with Crippen LogP contribution in [0.1, 0.15) is 33.1 Å². The summed E-state index contributed by atoms with van der Waals surface area (Å²) >= 11 is 0. The number of esters is 1. The molecule has 0 spiro atoms. The Kier molecular flexibility index (Phi) is 6.75. The number of hydrogen-bond donors (Lipinski definition) is 1. The molecule has 0 aromatic rings. The van der Waals surface area contributed by atoms with Crippen molar-refractivity contribution in [3.8, 4) is 0 Å². The lowest BCUT2D eigenvalue weighted by Crippen LogP contribution is -2.50. The van der Waals surface area contributed by atoms with Crippen molar-refractivity contribution in [3.05, 3.63) is 0 Å². The number of nitrogens with one attached hydrogen (secondary N) is 1. The Labute approximate surface area is 116 Å². The minimum Gasteiger partial charge on any atom is -0.465 e. The molecule has 1 rings (SSSR count). The zero-order chi connectivity index (χ0) is 14.3. The van der Waals surface area contributed by atoms with Crippen LogP contribution in [0.4, 0.5) is 0 Å². The quantitative estimate of drug-likeness (QED) is 0.669. The van der Waals surface area contributed by atoms with Gasteiger partial charge in [-0.1, -0.05) is 6.92 Å². The number of carbonyl (C=O) groups excluding carboxylic acids is 1. The highest BCUT2D eigenvalue weighted by molar-refractivity contribution is 5.81. The molecule has 5 heteroatoms. The van der Waals surface area contributed by atoms with Crippen molar-refractivity contribution >= 4 is 5.97 Å². The van der Waals surface area contributed by atoms with Crippen LogP contribution in [0.15, 0.2) is 0 Å². The van der Waals surface area contributed by atoms with Crippen molar-refractivity contribution in [2.75, 3.05) is 40.5 Å². The van der Waals surface area contributed by atoms with E-state index >= 15 is 0 Å². The van der Waals surface area contributed by atoms with Crippen LogP contribution in [-0.2, 0) is 14.3 Å². The van der Waals surface area contributed by atoms with E-state index in [9.17, 15) is 4.79 Å². The Hall–Kier alpha value is -0.650. The maximum absolute atomic E-state index is 12.1. The summed E-state index contributed by atoms with van der Waals surface area (Å²) in [6, 6.07) is 0.428. The number of likely N-dealkylation sites (N-methyl/N-ethyl adjacent to an activating group) is 2. The topological polar surface area (TPSA) is 50.8 Å². The van der Waals surface area contributed by atoms with E-state index in [1.165, 1.54) is 0 Å². The second kappa shape index (κ2) is 7.82. The van der Waals surface area contributed by atoms with Crippen LogP contribution < -0.4 is 5.32 Å². The summed E-state index contributed by atoms with van der Waals surface area (Å²) < 4.78 is 10.4. The van der Waals surface area contributed by atoms with Crippen LogP contribution in [0, 0.1) is 0 Å². The van der Waals surface area contributed by atoms with Gasteiger partial charge in [0.15, 0.2) is 0 Å². The van der Waals surface area contributed by atoms with Gasteiger partial charge in [-0.05, 0) is 39.8 Å². The van der Waals surface area contributed by atoms with E-state index in [-0.39, 0.29) is 5.97 Å². The number of carbonyl (C=O) groups is 1. The molecular weight excluding hydrogens is 244 g/mol. The van der Waals surface area contributed by atoms with E-state index in [2.05, 4.69) is 17.1 Å². The van der Waals surface area contributed by atoms with E-state index < -0.39 is 5.54 Å². The molecule has 1 saturated carbocycles. The molecule has 0 aliphatic heterocycles. The molecule has 1 aliphatic carbocycles. The zero-order valence-corrected chi connectivity index (χ0v) is 12.7. The third kappa shape index (κ3) is 3.91. The van der Waals surface area contributed by atoms with Crippen LogP contribution >= 0.6 is 0 Å². The number of methoxy groups -OCH3 is 1. The number of nitrogens with zero attached hydrogens (tertiary/aromatic N) is 1. The van der Waals surface area contributed by atoms with Gasteiger partial charge >= 0.3 is 5.97 Å². The second-order valence-electron chi connectivity index (χ2n) is 5.07. The molecule has 0 aromatic heterocycles. The van der Waals surface area contributed by atoms with Gasteiger partial charge in [-0.15, -0.1) is 0 Å². The normalized spacial score (nSPS) is 26.9. The lowest BCUT2D eigenvalue weighted by molar-refractivity contribution is -0.151. The van der Waals surface area contributed by atoms with Crippen LogP contribution in [0.5, 0.6) is 0 Å². The monoisotopic (exact) mass is 272 g/mol. The molecule has 1 fully saturated rings. The SMILES string of the molecule is CCOC(=O)C1(NC)CCC(N(CC)CCOC)C1. The zero-order valence-electron chi connectivity index (χ0n) is 12.7. The van der Waals surface area contributed by atoms with E-state index in [0.29, 0.717) is 12.6 Å². The summed E-state index contributed by atoms with van der Waals surface area (Å²) in [5.74, 6) is -0.109. The molecule has 0 bridgehead atoms. The summed E-state index contributed by atoms with van der Waals surface area (Å²) in [7, 11) is 3.57. The van der Waals surface area contributed by atoms with Crippen LogP contribution in [0.3, 0.4) is 0 Å². The Morgan fingerprint density at radius 1 is 1.47 bits per heavy atom. The second-order valence-corrected chi connectivity index (χ2v) is 5.07. The predicted molar refractivity (Wildman–Crippen MR) is 75.2 cm³/mol. The fourth-order valence-electron chi connectivity index (χ4n) is 2.92. The first kappa shape index (κ1) is 16.4. The van der Waals surface area contributed by atoms with E-state index in [4.69, 9.17) is 9.47 Å². The Bertz CT molecular complexity index is 286. The van der Waals surface area contributed by atoms with Crippen LogP contribution in [0.25, 0.3) is 0 Å². The smallest absolute Gasteiger partial charge is 0.326 e. The molecule has 0 radical (unpaired) electrons. The van der Waals surface area contributed by atoms with Crippen molar-refractivity contribution in [2.45, 2.75) is 44.7 Å². The first-order valence-corrected chi connectivity index (χ1v) is 7.22. The average molecular weight is 272 g/mol. The number of ether oxygens (including phenoxy) is 2. The van der Waals surface area contributed by atoms with Gasteiger partial charge in [-0.2, -0.15) is 0 Å². The first-order chi connectivity index (χ1) is 9.13. The van der Waals surface area contributed by atoms with Crippen LogP contribution in [-0.4, -0.2) is 62.9 Å². The highest BCUT2D eigenvalue weighted by atomic mass is 16.5. The molecule has 112 valence electrons. The summed E-state index contributed by atoms with van der Waals surface area (Å²) in [4.78, 5) is 14.5. The van der Waals surface area contributed by atoms with Gasteiger partial charge in [0.2, 0.25) is 0 Å². The van der Waals surface area contributed by atoms with Crippen molar-refractivity contribution < 1.29 is 14.3 Å². The summed E-state index contributed by atoms with van der Waals surface area (Å²) in [6.07, 6.45) is 2.69. The van der Waals surface area contributed by atoms with Gasteiger partial charge in [0.25, 0.3) is 0 Å². The van der Waals surface area contributed by atoms with Crippen molar-refractivity contribution in [1.29, 1.82) is 0 Å². The standard InChI is InChI=1S/C14H28N2O3/c1-5-16(9-10-18-4)12-7-8-14(11-12,15-3)13(17)19-6-2/h12,15H,5-11H2,1-4H3. The van der Waals surface area contributed by atoms with Gasteiger partial charge in [0.1, 0.15) is 5.54 Å². The van der Waals surface area contributed by atoms with Crippen LogP contribution in [0.2, 0.25) is 0 Å². The minimum absolute atomic E-state index is 0.109. The van der Waals surface area contributed by atoms with E-state index in [0.717, 1.165) is 39.0 Å². The lowest BCUT2D eigenvalue weighted by Gasteiger charge is -2.30. The Morgan fingerprint density at radius 3 is 2.74 bits per heavy atom. The molecule has 0 heterocycles. The largest absolute Gasteiger partial charge is 0.465 e. The molecular formula is C14H28N2O3. The average Bonchev–Trinajstić information content (AvgIpc) is 2.86. The highest BCUT2D eigenvalue weighted by Gasteiger charge is 2.46. The third-order valence-corrected chi connectivity index (χ3v) is 4.14. The molecule has 0 amide bonds. The molecule has 2 unspecified atom stereocenters. The van der Waals surface area contributed by atoms with Crippen molar-refractivity contribution in [2.24, 2.45) is 0 Å². The van der Waals surface area contributed by atoms with Crippen molar-refractivity contribution in [3.63, 3.8) is 0 Å². The molecule has 2 atom stereocenters. The molecule has 19 heavy (non-hydrogen) atoms. The summed E-state index contributed by atoms with van der Waals surface area (Å²) in [6.45, 7) is 7.07. The van der Waals surface area contributed by atoms with Gasteiger partial charge in [-0.3, -0.25) is 9.69 Å². The molecule has 0 saturated heterocycles. The highest BCUT2D eigenvalue weighted by Crippen LogP contribution is 2.34. The third-order valence-electron chi connectivity index (χ3n) is 4.14.